The zero-order chi connectivity index (χ0) is 10.9. The summed E-state index contributed by atoms with van der Waals surface area (Å²) in [4.78, 5) is 0. The molecule has 80 valence electrons. The normalized spacial score (nSPS) is 21.0. The molecule has 1 aromatic rings. The van der Waals surface area contributed by atoms with E-state index < -0.39 is 3.79 Å². The molecule has 2 nitrogen and oxygen atoms in total. The molecule has 0 radical (unpaired) electrons. The highest BCUT2D eigenvalue weighted by Gasteiger charge is 2.36. The Morgan fingerprint density at radius 1 is 1.20 bits per heavy atom. The summed E-state index contributed by atoms with van der Waals surface area (Å²) in [5.74, 6) is 0. The van der Waals surface area contributed by atoms with Crippen molar-refractivity contribution in [3.05, 3.63) is 35.9 Å². The van der Waals surface area contributed by atoms with Crippen molar-refractivity contribution >= 4 is 40.5 Å². The minimum Gasteiger partial charge on any atom is -0.302 e. The van der Waals surface area contributed by atoms with Gasteiger partial charge in [0, 0.05) is 6.42 Å². The second-order valence-electron chi connectivity index (χ2n) is 3.35. The van der Waals surface area contributed by atoms with Crippen molar-refractivity contribution < 1.29 is 0 Å². The molecule has 0 fully saturated rings. The molecule has 1 unspecified atom stereocenters. The average molecular weight is 264 g/mol. The van der Waals surface area contributed by atoms with Crippen molar-refractivity contribution in [3.63, 3.8) is 0 Å². The number of hydrogen-bond donors (Lipinski definition) is 1. The first-order valence-electron chi connectivity index (χ1n) is 4.51. The predicted octanol–water partition coefficient (Wildman–Crippen LogP) is 3.12. The molecule has 1 heterocycles. The molecule has 0 bridgehead atoms. The number of nitrogens with one attached hydrogen (secondary N) is 1. The van der Waals surface area contributed by atoms with E-state index in [0.717, 1.165) is 11.3 Å². The summed E-state index contributed by atoms with van der Waals surface area (Å²) in [7, 11) is 0. The van der Waals surface area contributed by atoms with Gasteiger partial charge in [-0.25, -0.2) is 0 Å². The highest BCUT2D eigenvalue weighted by atomic mass is 35.6. The third kappa shape index (κ3) is 2.57. The van der Waals surface area contributed by atoms with Crippen LogP contribution in [0, 0.1) is 0 Å². The van der Waals surface area contributed by atoms with Crippen LogP contribution in [0.15, 0.2) is 35.4 Å². The van der Waals surface area contributed by atoms with Gasteiger partial charge in [-0.3, -0.25) is 0 Å². The van der Waals surface area contributed by atoms with Gasteiger partial charge in [0.25, 0.3) is 0 Å². The molecular formula is C10H9Cl3N2. The van der Waals surface area contributed by atoms with E-state index in [1.165, 1.54) is 0 Å². The molecule has 0 aliphatic carbocycles. The highest BCUT2D eigenvalue weighted by Crippen LogP contribution is 2.34. The SMILES string of the molecule is ClC(Cl)(Cl)C1CC(c2ccccc2)=NN1. The van der Waals surface area contributed by atoms with Gasteiger partial charge < -0.3 is 5.43 Å². The lowest BCUT2D eigenvalue weighted by Gasteiger charge is -2.18. The monoisotopic (exact) mass is 262 g/mol. The van der Waals surface area contributed by atoms with E-state index in [4.69, 9.17) is 34.8 Å². The first-order chi connectivity index (χ1) is 7.07. The van der Waals surface area contributed by atoms with Gasteiger partial charge in [0.1, 0.15) is 0 Å². The highest BCUT2D eigenvalue weighted by molar-refractivity contribution is 6.68. The van der Waals surface area contributed by atoms with Crippen molar-refractivity contribution in [1.82, 2.24) is 5.43 Å². The van der Waals surface area contributed by atoms with E-state index in [0.29, 0.717) is 6.42 Å². The minimum atomic E-state index is -1.32. The molecule has 1 aliphatic heterocycles. The van der Waals surface area contributed by atoms with Gasteiger partial charge in [-0.1, -0.05) is 65.1 Å². The Hall–Kier alpha value is -0.440. The summed E-state index contributed by atoms with van der Waals surface area (Å²) in [6.45, 7) is 0. The molecule has 5 heteroatoms. The number of halogens is 3. The molecule has 1 N–H and O–H groups in total. The van der Waals surface area contributed by atoms with Crippen LogP contribution in [-0.2, 0) is 0 Å². The van der Waals surface area contributed by atoms with Crippen molar-refractivity contribution in [2.24, 2.45) is 5.10 Å². The topological polar surface area (TPSA) is 24.4 Å². The van der Waals surface area contributed by atoms with Gasteiger partial charge in [-0.2, -0.15) is 5.10 Å². The molecule has 15 heavy (non-hydrogen) atoms. The largest absolute Gasteiger partial charge is 0.302 e. The number of nitrogens with zero attached hydrogens (tertiary/aromatic N) is 1. The fraction of sp³-hybridized carbons (Fsp3) is 0.300. The molecule has 2 rings (SSSR count). The van der Waals surface area contributed by atoms with Crippen molar-refractivity contribution in [3.8, 4) is 0 Å². The summed E-state index contributed by atoms with van der Waals surface area (Å²) < 4.78 is -1.32. The Bertz CT molecular complexity index is 370. The molecule has 1 atom stereocenters. The van der Waals surface area contributed by atoms with E-state index >= 15 is 0 Å². The van der Waals surface area contributed by atoms with Gasteiger partial charge in [0.05, 0.1) is 11.8 Å². The third-order valence-electron chi connectivity index (χ3n) is 2.25. The fourth-order valence-corrected chi connectivity index (χ4v) is 1.82. The number of benzene rings is 1. The molecule has 0 aromatic heterocycles. The summed E-state index contributed by atoms with van der Waals surface area (Å²) in [5.41, 5.74) is 4.82. The molecule has 1 aliphatic rings. The predicted molar refractivity (Wildman–Crippen MR) is 64.8 cm³/mol. The Labute approximate surface area is 103 Å². The molecule has 0 amide bonds. The van der Waals surface area contributed by atoms with Crippen LogP contribution < -0.4 is 5.43 Å². The van der Waals surface area contributed by atoms with Crippen LogP contribution in [0.4, 0.5) is 0 Å². The number of hydrazone groups is 1. The van der Waals surface area contributed by atoms with E-state index in [-0.39, 0.29) is 6.04 Å². The zero-order valence-electron chi connectivity index (χ0n) is 7.75. The summed E-state index contributed by atoms with van der Waals surface area (Å²) >= 11 is 17.4. The fourth-order valence-electron chi connectivity index (χ4n) is 1.44. The van der Waals surface area contributed by atoms with Crippen LogP contribution in [0.1, 0.15) is 12.0 Å². The summed E-state index contributed by atoms with van der Waals surface area (Å²) in [6, 6.07) is 9.60. The van der Waals surface area contributed by atoms with Crippen LogP contribution in [0.2, 0.25) is 0 Å². The Morgan fingerprint density at radius 2 is 1.87 bits per heavy atom. The molecule has 0 saturated heterocycles. The van der Waals surface area contributed by atoms with Gasteiger partial charge in [-0.05, 0) is 5.56 Å². The van der Waals surface area contributed by atoms with Crippen LogP contribution in [0.3, 0.4) is 0 Å². The molecule has 1 aromatic carbocycles. The minimum absolute atomic E-state index is 0.252. The first kappa shape index (κ1) is 11.1. The van der Waals surface area contributed by atoms with Crippen LogP contribution >= 0.6 is 34.8 Å². The van der Waals surface area contributed by atoms with Crippen LogP contribution in [0.25, 0.3) is 0 Å². The Kier molecular flexibility index (Phi) is 3.10. The van der Waals surface area contributed by atoms with Gasteiger partial charge in [0.2, 0.25) is 3.79 Å². The average Bonchev–Trinajstić information content (AvgIpc) is 2.67. The van der Waals surface area contributed by atoms with Crippen molar-refractivity contribution in [1.29, 1.82) is 0 Å². The lowest BCUT2D eigenvalue weighted by Crippen LogP contribution is -2.33. The second kappa shape index (κ2) is 4.20. The van der Waals surface area contributed by atoms with E-state index in [1.54, 1.807) is 0 Å². The lowest BCUT2D eigenvalue weighted by molar-refractivity contribution is 0.595. The van der Waals surface area contributed by atoms with E-state index in [9.17, 15) is 0 Å². The maximum absolute atomic E-state index is 5.79. The van der Waals surface area contributed by atoms with Gasteiger partial charge in [-0.15, -0.1) is 0 Å². The van der Waals surface area contributed by atoms with Crippen molar-refractivity contribution in [2.75, 3.05) is 0 Å². The van der Waals surface area contributed by atoms with Crippen LogP contribution in [-0.4, -0.2) is 15.5 Å². The number of alkyl halides is 3. The number of hydrogen-bond acceptors (Lipinski definition) is 2. The summed E-state index contributed by atoms with van der Waals surface area (Å²) in [5, 5.41) is 4.17. The standard InChI is InChI=1S/C10H9Cl3N2/c11-10(12,13)9-6-8(14-15-9)7-4-2-1-3-5-7/h1-5,9,15H,6H2. The molecular weight excluding hydrogens is 254 g/mol. The molecule has 0 saturated carbocycles. The second-order valence-corrected chi connectivity index (χ2v) is 5.72. The Balaban J connectivity index is 2.11. The smallest absolute Gasteiger partial charge is 0.212 e. The maximum Gasteiger partial charge on any atom is 0.212 e. The van der Waals surface area contributed by atoms with E-state index in [2.05, 4.69) is 10.5 Å². The Morgan fingerprint density at radius 3 is 2.40 bits per heavy atom. The van der Waals surface area contributed by atoms with Crippen LogP contribution in [0.5, 0.6) is 0 Å². The van der Waals surface area contributed by atoms with Gasteiger partial charge in [0.15, 0.2) is 0 Å². The van der Waals surface area contributed by atoms with Crippen molar-refractivity contribution in [2.45, 2.75) is 16.3 Å². The number of rotatable bonds is 1. The molecule has 0 spiro atoms. The van der Waals surface area contributed by atoms with Gasteiger partial charge >= 0.3 is 0 Å². The zero-order valence-corrected chi connectivity index (χ0v) is 10.0. The third-order valence-corrected chi connectivity index (χ3v) is 3.05. The summed E-state index contributed by atoms with van der Waals surface area (Å²) in [6.07, 6.45) is 0.626. The maximum atomic E-state index is 5.79. The quantitative estimate of drug-likeness (QED) is 0.774. The lowest BCUT2D eigenvalue weighted by atomic mass is 10.1. The first-order valence-corrected chi connectivity index (χ1v) is 5.65. The van der Waals surface area contributed by atoms with E-state index in [1.807, 2.05) is 30.3 Å².